The number of aliphatic hydroxyl groups is 3. The molecular weight excluding hydrogens is 504 g/mol. The molecule has 9 heteroatoms. The van der Waals surface area contributed by atoms with E-state index in [1.54, 1.807) is 20.8 Å². The molecule has 3 rings (SSSR count). The van der Waals surface area contributed by atoms with Crippen molar-refractivity contribution in [2.24, 2.45) is 47.3 Å². The average molecular weight is 559 g/mol. The van der Waals surface area contributed by atoms with E-state index in [1.807, 2.05) is 41.5 Å². The van der Waals surface area contributed by atoms with Gasteiger partial charge in [0, 0.05) is 17.8 Å². The molecule has 13 atom stereocenters. The molecule has 3 N–H and O–H groups in total. The standard InChI is InChI=1S/C11H20O3.C10H18O3.C9H16O3/c1-5-6(2)10-7(3)9(12)8(4)11(13)14-10;1-5(2)9-6(3)8(11)7(4)10(12)13-9;1-4-7-5(2)8(10)6(3)9(11)12-7/h6-10,12H,5H2,1-4H3;5-9,11H,1-4H3;5-8,10H,4H2,1-3H3/t6?,7-,8+,9-,10?;6?,7-,8+,9?;5-,6?,7?,8+/m011/s1. The molecule has 0 bridgehead atoms. The summed E-state index contributed by atoms with van der Waals surface area (Å²) < 4.78 is 15.7. The summed E-state index contributed by atoms with van der Waals surface area (Å²) in [4.78, 5) is 33.8. The first-order valence-electron chi connectivity index (χ1n) is 14.7. The largest absolute Gasteiger partial charge is 0.462 e. The van der Waals surface area contributed by atoms with Crippen LogP contribution >= 0.6 is 0 Å². The zero-order valence-electron chi connectivity index (χ0n) is 25.8. The number of cyclic esters (lactones) is 3. The van der Waals surface area contributed by atoms with Gasteiger partial charge in [-0.25, -0.2) is 0 Å². The lowest BCUT2D eigenvalue weighted by Gasteiger charge is -2.38. The Kier molecular flexibility index (Phi) is 13.9. The van der Waals surface area contributed by atoms with E-state index in [4.69, 9.17) is 14.2 Å². The van der Waals surface area contributed by atoms with Crippen LogP contribution < -0.4 is 0 Å². The Morgan fingerprint density at radius 1 is 0.615 bits per heavy atom. The summed E-state index contributed by atoms with van der Waals surface area (Å²) in [6, 6.07) is 0. The molecule has 3 fully saturated rings. The predicted molar refractivity (Wildman–Crippen MR) is 147 cm³/mol. The third kappa shape index (κ3) is 8.64. The van der Waals surface area contributed by atoms with Crippen molar-refractivity contribution >= 4 is 17.9 Å². The lowest BCUT2D eigenvalue weighted by atomic mass is 9.81. The van der Waals surface area contributed by atoms with Crippen LogP contribution in [0.15, 0.2) is 0 Å². The Balaban J connectivity index is 0.000000293. The number of hydrogen-bond donors (Lipinski definition) is 3. The van der Waals surface area contributed by atoms with Crippen molar-refractivity contribution in [3.05, 3.63) is 0 Å². The number of rotatable bonds is 4. The molecule has 0 aromatic carbocycles. The summed E-state index contributed by atoms with van der Waals surface area (Å²) in [6.07, 6.45) is -0.304. The van der Waals surface area contributed by atoms with Gasteiger partial charge in [0.2, 0.25) is 0 Å². The average Bonchev–Trinajstić information content (AvgIpc) is 2.91. The molecule has 0 saturated carbocycles. The molecule has 3 heterocycles. The van der Waals surface area contributed by atoms with Crippen molar-refractivity contribution in [3.63, 3.8) is 0 Å². The summed E-state index contributed by atoms with van der Waals surface area (Å²) in [5.74, 6) is -1.24. The summed E-state index contributed by atoms with van der Waals surface area (Å²) >= 11 is 0. The van der Waals surface area contributed by atoms with E-state index in [-0.39, 0.29) is 77.6 Å². The van der Waals surface area contributed by atoms with E-state index >= 15 is 0 Å². The molecule has 0 aromatic heterocycles. The maximum Gasteiger partial charge on any atom is 0.311 e. The molecule has 3 aliphatic heterocycles. The van der Waals surface area contributed by atoms with Gasteiger partial charge in [0.25, 0.3) is 0 Å². The number of carbonyl (C=O) groups is 3. The van der Waals surface area contributed by atoms with Gasteiger partial charge >= 0.3 is 17.9 Å². The fraction of sp³-hybridized carbons (Fsp3) is 0.900. The Labute approximate surface area is 235 Å². The quantitative estimate of drug-likeness (QED) is 0.348. The minimum Gasteiger partial charge on any atom is -0.462 e. The first-order valence-corrected chi connectivity index (χ1v) is 14.7. The van der Waals surface area contributed by atoms with Gasteiger partial charge < -0.3 is 29.5 Å². The molecule has 0 radical (unpaired) electrons. The first-order chi connectivity index (χ1) is 18.0. The van der Waals surface area contributed by atoms with Crippen LogP contribution in [0.1, 0.15) is 89.0 Å². The zero-order chi connectivity index (χ0) is 30.4. The molecule has 6 unspecified atom stereocenters. The molecule has 9 nitrogen and oxygen atoms in total. The van der Waals surface area contributed by atoms with Gasteiger partial charge in [-0.05, 0) is 39.0 Å². The van der Waals surface area contributed by atoms with Gasteiger partial charge in [0.1, 0.15) is 18.3 Å². The Bertz CT molecular complexity index is 797. The minimum atomic E-state index is -0.561. The van der Waals surface area contributed by atoms with Crippen LogP contribution in [0.5, 0.6) is 0 Å². The summed E-state index contributed by atoms with van der Waals surface area (Å²) in [5.41, 5.74) is 0. The van der Waals surface area contributed by atoms with Gasteiger partial charge in [-0.3, -0.25) is 14.4 Å². The van der Waals surface area contributed by atoms with Crippen LogP contribution in [0.25, 0.3) is 0 Å². The van der Waals surface area contributed by atoms with Crippen molar-refractivity contribution < 1.29 is 43.9 Å². The zero-order valence-corrected chi connectivity index (χ0v) is 25.8. The summed E-state index contributed by atoms with van der Waals surface area (Å²) in [7, 11) is 0. The van der Waals surface area contributed by atoms with Crippen LogP contribution in [-0.4, -0.2) is 69.9 Å². The molecule has 0 spiro atoms. The molecular formula is C30H54O9. The van der Waals surface area contributed by atoms with Crippen molar-refractivity contribution in [2.45, 2.75) is 126 Å². The van der Waals surface area contributed by atoms with Crippen molar-refractivity contribution in [1.82, 2.24) is 0 Å². The summed E-state index contributed by atoms with van der Waals surface area (Å²) in [6.45, 7) is 21.0. The highest BCUT2D eigenvalue weighted by Crippen LogP contribution is 2.32. The smallest absolute Gasteiger partial charge is 0.311 e. The second-order valence-electron chi connectivity index (χ2n) is 12.2. The molecule has 0 amide bonds. The number of esters is 3. The van der Waals surface area contributed by atoms with Gasteiger partial charge in [-0.15, -0.1) is 0 Å². The molecule has 39 heavy (non-hydrogen) atoms. The van der Waals surface area contributed by atoms with E-state index in [2.05, 4.69) is 13.8 Å². The SMILES string of the molecule is CC(C)C1OC(=O)[C@H](C)[C@@H](O)C1C.CCC(C)C1OC(=O)[C@H](C)[C@@H](O)[C@@H]1C.CCC1OC(=O)C(C)[C@@H](O)[C@@H]1C. The van der Waals surface area contributed by atoms with E-state index in [0.717, 1.165) is 12.8 Å². The van der Waals surface area contributed by atoms with Crippen LogP contribution in [0.3, 0.4) is 0 Å². The normalized spacial score (nSPS) is 41.2. The van der Waals surface area contributed by atoms with Gasteiger partial charge in [0.15, 0.2) is 0 Å². The second-order valence-corrected chi connectivity index (χ2v) is 12.2. The Morgan fingerprint density at radius 3 is 1.36 bits per heavy atom. The fourth-order valence-corrected chi connectivity index (χ4v) is 5.52. The highest BCUT2D eigenvalue weighted by Gasteiger charge is 2.43. The fourth-order valence-electron chi connectivity index (χ4n) is 5.52. The van der Waals surface area contributed by atoms with Gasteiger partial charge in [-0.1, -0.05) is 61.8 Å². The van der Waals surface area contributed by atoms with E-state index in [9.17, 15) is 29.7 Å². The van der Waals surface area contributed by atoms with Crippen molar-refractivity contribution in [2.75, 3.05) is 0 Å². The monoisotopic (exact) mass is 558 g/mol. The maximum absolute atomic E-state index is 11.4. The number of aliphatic hydroxyl groups excluding tert-OH is 3. The molecule has 3 saturated heterocycles. The summed E-state index contributed by atoms with van der Waals surface area (Å²) in [5, 5.41) is 29.2. The lowest BCUT2D eigenvalue weighted by molar-refractivity contribution is -0.183. The minimum absolute atomic E-state index is 0.0349. The molecule has 3 aliphatic rings. The number of carbonyl (C=O) groups excluding carboxylic acids is 3. The first kappa shape index (κ1) is 35.3. The van der Waals surface area contributed by atoms with Gasteiger partial charge in [-0.2, -0.15) is 0 Å². The van der Waals surface area contributed by atoms with Crippen LogP contribution in [0.2, 0.25) is 0 Å². The van der Waals surface area contributed by atoms with Crippen LogP contribution in [0.4, 0.5) is 0 Å². The topological polar surface area (TPSA) is 140 Å². The third-order valence-corrected chi connectivity index (χ3v) is 8.93. The van der Waals surface area contributed by atoms with Crippen molar-refractivity contribution in [3.8, 4) is 0 Å². The number of ether oxygens (including phenoxy) is 3. The highest BCUT2D eigenvalue weighted by atomic mass is 16.6. The van der Waals surface area contributed by atoms with Crippen LogP contribution in [0, 0.1) is 47.3 Å². The lowest BCUT2D eigenvalue weighted by Crippen LogP contribution is -2.48. The second kappa shape index (κ2) is 15.3. The highest BCUT2D eigenvalue weighted by molar-refractivity contribution is 5.74. The van der Waals surface area contributed by atoms with E-state index in [0.29, 0.717) is 5.92 Å². The Morgan fingerprint density at radius 2 is 0.974 bits per heavy atom. The molecule has 228 valence electrons. The Hall–Kier alpha value is -1.71. The van der Waals surface area contributed by atoms with E-state index in [1.165, 1.54) is 0 Å². The van der Waals surface area contributed by atoms with E-state index < -0.39 is 18.3 Å². The number of hydrogen-bond acceptors (Lipinski definition) is 9. The van der Waals surface area contributed by atoms with Crippen molar-refractivity contribution in [1.29, 1.82) is 0 Å². The predicted octanol–water partition coefficient (Wildman–Crippen LogP) is 3.75. The molecule has 0 aromatic rings. The molecule has 0 aliphatic carbocycles. The van der Waals surface area contributed by atoms with Gasteiger partial charge in [0.05, 0.1) is 36.1 Å². The van der Waals surface area contributed by atoms with Crippen LogP contribution in [-0.2, 0) is 28.6 Å². The third-order valence-electron chi connectivity index (χ3n) is 8.93. The maximum atomic E-state index is 11.4.